The van der Waals surface area contributed by atoms with Gasteiger partial charge < -0.3 is 9.30 Å². The van der Waals surface area contributed by atoms with Gasteiger partial charge in [-0.15, -0.1) is 11.3 Å². The standard InChI is InChI=1S/C61H40N2S.C2H6/c1-2-10-38(11-3-1)39-20-26-45(27-21-39)62(46-28-22-40(23-29-46)41-24-32-53-52-13-5-7-19-58(52)64-59(53)37-41)47-30-33-49-44(36-47)35-43-34-42(25-31-48(43)49)50-14-8-16-55-56-17-9-15-54-51-12-4-6-18-57(51)63(60(50)55)61(54)56;1-2/h1-23,25-34,36-37,41H,24,35H2;1-2H3. The van der Waals surface area contributed by atoms with Gasteiger partial charge in [-0.25, -0.2) is 0 Å². The lowest BCUT2D eigenvalue weighted by atomic mass is 9.92. The molecule has 2 aliphatic rings. The molecule has 0 radical (unpaired) electrons. The molecule has 3 heterocycles. The van der Waals surface area contributed by atoms with Crippen LogP contribution in [0.4, 0.5) is 17.1 Å². The molecule has 14 rings (SSSR count). The van der Waals surface area contributed by atoms with Crippen molar-refractivity contribution < 1.29 is 0 Å². The molecule has 1 atom stereocenters. The molecule has 1 unspecified atom stereocenters. The average Bonchev–Trinajstić information content (AvgIpc) is 4.14. The van der Waals surface area contributed by atoms with Crippen molar-refractivity contribution in [1.82, 2.24) is 4.40 Å². The zero-order valence-electron chi connectivity index (χ0n) is 37.0. The van der Waals surface area contributed by atoms with E-state index in [-0.39, 0.29) is 0 Å². The van der Waals surface area contributed by atoms with Crippen LogP contribution in [-0.4, -0.2) is 4.40 Å². The largest absolute Gasteiger partial charge is 0.310 e. The molecule has 314 valence electrons. The number of rotatable bonds is 6. The maximum absolute atomic E-state index is 2.51. The number of aromatic nitrogens is 1. The Balaban J connectivity index is 0.00000215. The number of fused-ring (bicyclic) bond motifs is 12. The zero-order valence-corrected chi connectivity index (χ0v) is 37.8. The third kappa shape index (κ3) is 6.00. The van der Waals surface area contributed by atoms with Gasteiger partial charge in [-0.3, -0.25) is 0 Å². The summed E-state index contributed by atoms with van der Waals surface area (Å²) >= 11 is 1.91. The van der Waals surface area contributed by atoms with Crippen molar-refractivity contribution in [2.24, 2.45) is 0 Å². The molecule has 0 amide bonds. The quantitative estimate of drug-likeness (QED) is 0.162. The summed E-state index contributed by atoms with van der Waals surface area (Å²) in [7, 11) is 0. The van der Waals surface area contributed by atoms with Gasteiger partial charge in [-0.05, 0) is 116 Å². The summed E-state index contributed by atoms with van der Waals surface area (Å²) in [5, 5.41) is 8.03. The molecular weight excluding hydrogens is 817 g/mol. The van der Waals surface area contributed by atoms with E-state index >= 15 is 0 Å². The Morgan fingerprint density at radius 3 is 1.86 bits per heavy atom. The van der Waals surface area contributed by atoms with Gasteiger partial charge in [0, 0.05) is 59.3 Å². The molecule has 0 bridgehead atoms. The Morgan fingerprint density at radius 2 is 1.06 bits per heavy atom. The Bertz CT molecular complexity index is 3950. The second-order valence-corrected chi connectivity index (χ2v) is 18.7. The molecule has 3 aromatic heterocycles. The predicted octanol–water partition coefficient (Wildman–Crippen LogP) is 16.2. The zero-order chi connectivity index (χ0) is 43.9. The first-order chi connectivity index (χ1) is 32.7. The van der Waals surface area contributed by atoms with Gasteiger partial charge in [0.15, 0.2) is 0 Å². The first-order valence-electron chi connectivity index (χ1n) is 23.4. The van der Waals surface area contributed by atoms with Crippen LogP contribution in [0.25, 0.3) is 93.7 Å². The fourth-order valence-electron chi connectivity index (χ4n) is 11.1. The Hall–Kier alpha value is -7.72. The minimum Gasteiger partial charge on any atom is -0.310 e. The average molecular weight is 863 g/mol. The van der Waals surface area contributed by atoms with Crippen LogP contribution in [0.1, 0.15) is 42.9 Å². The highest BCUT2D eigenvalue weighted by molar-refractivity contribution is 7.17. The summed E-state index contributed by atoms with van der Waals surface area (Å²) in [6, 6.07) is 74.6. The lowest BCUT2D eigenvalue weighted by Gasteiger charge is -2.27. The van der Waals surface area contributed by atoms with E-state index in [1.54, 1.807) is 0 Å². The molecular formula is C63H46N2S. The highest BCUT2D eigenvalue weighted by atomic mass is 32.1. The Kier molecular flexibility index (Phi) is 9.08. The topological polar surface area (TPSA) is 7.65 Å². The minimum atomic E-state index is 0.354. The molecule has 66 heavy (non-hydrogen) atoms. The van der Waals surface area contributed by atoms with Crippen LogP contribution in [0.5, 0.6) is 0 Å². The normalized spacial score (nSPS) is 13.9. The van der Waals surface area contributed by atoms with Crippen LogP contribution in [-0.2, 0) is 6.42 Å². The number of nitrogens with zero attached hydrogens (tertiary/aromatic N) is 2. The number of benzene rings is 9. The van der Waals surface area contributed by atoms with Crippen LogP contribution in [0.2, 0.25) is 0 Å². The molecule has 0 saturated heterocycles. The van der Waals surface area contributed by atoms with Crippen LogP contribution in [0, 0.1) is 0 Å². The maximum Gasteiger partial charge on any atom is 0.0620 e. The molecule has 0 spiro atoms. The summed E-state index contributed by atoms with van der Waals surface area (Å²) in [5.74, 6) is 0.354. The Labute approximate surface area is 388 Å². The van der Waals surface area contributed by atoms with E-state index in [1.165, 1.54) is 114 Å². The summed E-state index contributed by atoms with van der Waals surface area (Å²) < 4.78 is 5.27. The second kappa shape index (κ2) is 15.5. The summed E-state index contributed by atoms with van der Waals surface area (Å²) in [4.78, 5) is 2.43. The minimum absolute atomic E-state index is 0.354. The maximum atomic E-state index is 2.51. The molecule has 0 saturated carbocycles. The van der Waals surface area contributed by atoms with Crippen molar-refractivity contribution in [3.05, 3.63) is 227 Å². The lowest BCUT2D eigenvalue weighted by molar-refractivity contribution is 0.926. The monoisotopic (exact) mass is 862 g/mol. The molecule has 3 heteroatoms. The van der Waals surface area contributed by atoms with Crippen molar-refractivity contribution in [2.75, 3.05) is 4.90 Å². The van der Waals surface area contributed by atoms with Gasteiger partial charge in [-0.2, -0.15) is 0 Å². The van der Waals surface area contributed by atoms with Gasteiger partial charge >= 0.3 is 0 Å². The Morgan fingerprint density at radius 1 is 0.470 bits per heavy atom. The lowest BCUT2D eigenvalue weighted by Crippen LogP contribution is -2.23. The summed E-state index contributed by atoms with van der Waals surface area (Å²) in [5.41, 5.74) is 19.1. The van der Waals surface area contributed by atoms with Gasteiger partial charge in [-0.1, -0.05) is 178 Å². The van der Waals surface area contributed by atoms with Crippen LogP contribution in [0.3, 0.4) is 0 Å². The van der Waals surface area contributed by atoms with Crippen LogP contribution < -0.4 is 14.7 Å². The van der Waals surface area contributed by atoms with E-state index in [4.69, 9.17) is 0 Å². The van der Waals surface area contributed by atoms with Crippen LogP contribution >= 0.6 is 11.3 Å². The molecule has 2 aliphatic carbocycles. The first-order valence-corrected chi connectivity index (χ1v) is 24.2. The van der Waals surface area contributed by atoms with Crippen molar-refractivity contribution in [2.45, 2.75) is 32.6 Å². The number of thiophene rings is 1. The molecule has 12 aromatic rings. The van der Waals surface area contributed by atoms with Crippen molar-refractivity contribution in [1.29, 1.82) is 0 Å². The highest BCUT2D eigenvalue weighted by Gasteiger charge is 2.24. The van der Waals surface area contributed by atoms with E-state index < -0.39 is 0 Å². The number of hydrogen-bond donors (Lipinski definition) is 0. The molecule has 0 aliphatic heterocycles. The van der Waals surface area contributed by atoms with Gasteiger partial charge in [0.25, 0.3) is 0 Å². The summed E-state index contributed by atoms with van der Waals surface area (Å²) in [6.45, 7) is 4.00. The van der Waals surface area contributed by atoms with Crippen LogP contribution in [0.15, 0.2) is 200 Å². The molecule has 0 fully saturated rings. The van der Waals surface area contributed by atoms with E-state index in [9.17, 15) is 0 Å². The van der Waals surface area contributed by atoms with Gasteiger partial charge in [0.1, 0.15) is 0 Å². The second-order valence-electron chi connectivity index (χ2n) is 17.6. The van der Waals surface area contributed by atoms with E-state index in [2.05, 4.69) is 222 Å². The fraction of sp³-hybridized carbons (Fsp3) is 0.0794. The summed E-state index contributed by atoms with van der Waals surface area (Å²) in [6.07, 6.45) is 6.85. The number of para-hydroxylation sites is 3. The molecule has 9 aromatic carbocycles. The van der Waals surface area contributed by atoms with Gasteiger partial charge in [0.2, 0.25) is 0 Å². The van der Waals surface area contributed by atoms with E-state index in [0.29, 0.717) is 5.92 Å². The first kappa shape index (κ1) is 38.7. The predicted molar refractivity (Wildman–Crippen MR) is 284 cm³/mol. The van der Waals surface area contributed by atoms with E-state index in [0.717, 1.165) is 24.2 Å². The SMILES string of the molecule is C1=c2sc3ccccc3c2=CCC1c1ccc(N(c2ccc(-c3ccccc3)cc2)c2ccc3c(c2)Cc2cc(-c4cccc5c6cccc7c8ccccc8n(c45)c76)ccc2-3)cc1.CC. The van der Waals surface area contributed by atoms with E-state index in [1.807, 2.05) is 25.2 Å². The third-order valence-electron chi connectivity index (χ3n) is 14.1. The van der Waals surface area contributed by atoms with Crippen molar-refractivity contribution in [3.63, 3.8) is 0 Å². The van der Waals surface area contributed by atoms with Crippen molar-refractivity contribution in [3.8, 4) is 33.4 Å². The fourth-order valence-corrected chi connectivity index (χ4v) is 12.3. The molecule has 2 nitrogen and oxygen atoms in total. The van der Waals surface area contributed by atoms with Crippen molar-refractivity contribution >= 4 is 88.7 Å². The smallest absolute Gasteiger partial charge is 0.0620 e. The molecule has 0 N–H and O–H groups in total. The third-order valence-corrected chi connectivity index (χ3v) is 15.2. The van der Waals surface area contributed by atoms with Gasteiger partial charge in [0.05, 0.1) is 16.6 Å². The number of anilines is 3. The number of hydrogen-bond acceptors (Lipinski definition) is 2. The highest BCUT2D eigenvalue weighted by Crippen LogP contribution is 2.46.